The lowest BCUT2D eigenvalue weighted by Gasteiger charge is -2.20. The Morgan fingerprint density at radius 2 is 2.20 bits per heavy atom. The number of ether oxygens (including phenoxy) is 1. The lowest BCUT2D eigenvalue weighted by molar-refractivity contribution is -0.134. The van der Waals surface area contributed by atoms with Crippen molar-refractivity contribution in [1.82, 2.24) is 4.90 Å². The quantitative estimate of drug-likeness (QED) is 0.693. The van der Waals surface area contributed by atoms with E-state index in [2.05, 4.69) is 13.8 Å². The maximum absolute atomic E-state index is 12.1. The van der Waals surface area contributed by atoms with Crippen LogP contribution in [0.15, 0.2) is 0 Å². The summed E-state index contributed by atoms with van der Waals surface area (Å²) in [5.41, 5.74) is 0. The zero-order valence-electron chi connectivity index (χ0n) is 9.74. The first-order valence-corrected chi connectivity index (χ1v) is 6.05. The topological polar surface area (TPSA) is 29.5 Å². The van der Waals surface area contributed by atoms with Crippen LogP contribution in [-0.4, -0.2) is 37.1 Å². The van der Waals surface area contributed by atoms with Crippen molar-refractivity contribution in [3.8, 4) is 0 Å². The number of rotatable bonds is 2. The van der Waals surface area contributed by atoms with Gasteiger partial charge in [-0.2, -0.15) is 0 Å². The third-order valence-corrected chi connectivity index (χ3v) is 3.76. The van der Waals surface area contributed by atoms with E-state index in [9.17, 15) is 4.79 Å². The van der Waals surface area contributed by atoms with Gasteiger partial charge in [0, 0.05) is 19.7 Å². The number of hydrogen-bond donors (Lipinski definition) is 0. The van der Waals surface area contributed by atoms with E-state index in [4.69, 9.17) is 4.74 Å². The van der Waals surface area contributed by atoms with Gasteiger partial charge >= 0.3 is 0 Å². The molecule has 2 unspecified atom stereocenters. The molecule has 3 heteroatoms. The second-order valence-corrected chi connectivity index (χ2v) is 5.14. The molecule has 0 aromatic heterocycles. The molecule has 0 bridgehead atoms. The average molecular weight is 211 g/mol. The summed E-state index contributed by atoms with van der Waals surface area (Å²) < 4.78 is 5.26. The molecule has 0 N–H and O–H groups in total. The van der Waals surface area contributed by atoms with Gasteiger partial charge in [-0.3, -0.25) is 4.79 Å². The van der Waals surface area contributed by atoms with Crippen LogP contribution in [0.2, 0.25) is 0 Å². The minimum atomic E-state index is 0.149. The second-order valence-electron chi connectivity index (χ2n) is 5.14. The summed E-state index contributed by atoms with van der Waals surface area (Å²) in [6, 6.07) is 0. The van der Waals surface area contributed by atoms with E-state index in [1.165, 1.54) is 6.42 Å². The number of nitrogens with zero attached hydrogens (tertiary/aromatic N) is 1. The molecule has 15 heavy (non-hydrogen) atoms. The Labute approximate surface area is 91.8 Å². The minimum Gasteiger partial charge on any atom is -0.381 e. The van der Waals surface area contributed by atoms with Gasteiger partial charge in [0.15, 0.2) is 0 Å². The van der Waals surface area contributed by atoms with Gasteiger partial charge in [0.2, 0.25) is 5.91 Å². The molecule has 86 valence electrons. The molecule has 2 fully saturated rings. The predicted molar refractivity (Wildman–Crippen MR) is 58.5 cm³/mol. The molecular weight excluding hydrogens is 190 g/mol. The Morgan fingerprint density at radius 3 is 2.73 bits per heavy atom. The molecule has 2 saturated heterocycles. The standard InChI is InChI=1S/C12H21NO2/c1-9(2)10-3-5-13(7-10)12(14)11-4-6-15-8-11/h9-11H,3-8H2,1-2H3. The van der Waals surface area contributed by atoms with Crippen molar-refractivity contribution in [2.75, 3.05) is 26.3 Å². The van der Waals surface area contributed by atoms with Crippen LogP contribution >= 0.6 is 0 Å². The first-order chi connectivity index (χ1) is 7.18. The monoisotopic (exact) mass is 211 g/mol. The molecule has 0 saturated carbocycles. The summed E-state index contributed by atoms with van der Waals surface area (Å²) in [6.45, 7) is 7.82. The molecule has 0 aromatic rings. The molecule has 2 atom stereocenters. The molecule has 2 heterocycles. The van der Waals surface area contributed by atoms with Crippen LogP contribution in [0.4, 0.5) is 0 Å². The minimum absolute atomic E-state index is 0.149. The highest BCUT2D eigenvalue weighted by molar-refractivity contribution is 5.79. The number of hydrogen-bond acceptors (Lipinski definition) is 2. The molecule has 2 aliphatic heterocycles. The Hall–Kier alpha value is -0.570. The fourth-order valence-corrected chi connectivity index (χ4v) is 2.52. The van der Waals surface area contributed by atoms with Crippen LogP contribution in [0, 0.1) is 17.8 Å². The Balaban J connectivity index is 1.87. The van der Waals surface area contributed by atoms with Gasteiger partial charge in [0.25, 0.3) is 0 Å². The SMILES string of the molecule is CC(C)C1CCN(C(=O)C2CCOC2)C1. The highest BCUT2D eigenvalue weighted by Gasteiger charge is 2.33. The van der Waals surface area contributed by atoms with Crippen LogP contribution < -0.4 is 0 Å². The fraction of sp³-hybridized carbons (Fsp3) is 0.917. The Kier molecular flexibility index (Phi) is 3.29. The summed E-state index contributed by atoms with van der Waals surface area (Å²) in [5, 5.41) is 0. The van der Waals surface area contributed by atoms with Gasteiger partial charge in [-0.15, -0.1) is 0 Å². The Bertz CT molecular complexity index is 234. The maximum atomic E-state index is 12.1. The first-order valence-electron chi connectivity index (χ1n) is 6.05. The van der Waals surface area contributed by atoms with Gasteiger partial charge in [0.05, 0.1) is 12.5 Å². The van der Waals surface area contributed by atoms with Gasteiger partial charge in [0.1, 0.15) is 0 Å². The number of likely N-dealkylation sites (tertiary alicyclic amines) is 1. The molecule has 0 spiro atoms. The van der Waals surface area contributed by atoms with Crippen molar-refractivity contribution in [2.24, 2.45) is 17.8 Å². The van der Waals surface area contributed by atoms with Crippen LogP contribution in [0.5, 0.6) is 0 Å². The van der Waals surface area contributed by atoms with Gasteiger partial charge < -0.3 is 9.64 Å². The third-order valence-electron chi connectivity index (χ3n) is 3.76. The van der Waals surface area contributed by atoms with E-state index in [0.29, 0.717) is 24.3 Å². The van der Waals surface area contributed by atoms with Gasteiger partial charge in [-0.05, 0) is 24.7 Å². The first kappa shape index (κ1) is 10.9. The van der Waals surface area contributed by atoms with Crippen molar-refractivity contribution in [1.29, 1.82) is 0 Å². The molecule has 0 aromatic carbocycles. The van der Waals surface area contributed by atoms with Crippen LogP contribution in [0.25, 0.3) is 0 Å². The highest BCUT2D eigenvalue weighted by Crippen LogP contribution is 2.26. The molecule has 3 nitrogen and oxygen atoms in total. The number of carbonyl (C=O) groups is 1. The summed E-state index contributed by atoms with van der Waals surface area (Å²) in [7, 11) is 0. The average Bonchev–Trinajstić information content (AvgIpc) is 2.88. The van der Waals surface area contributed by atoms with Crippen LogP contribution in [0.1, 0.15) is 26.7 Å². The van der Waals surface area contributed by atoms with E-state index in [1.807, 2.05) is 4.90 Å². The zero-order chi connectivity index (χ0) is 10.8. The van der Waals surface area contributed by atoms with Gasteiger partial charge in [-0.25, -0.2) is 0 Å². The van der Waals surface area contributed by atoms with Crippen LogP contribution in [0.3, 0.4) is 0 Å². The molecule has 0 aliphatic carbocycles. The van der Waals surface area contributed by atoms with E-state index in [1.54, 1.807) is 0 Å². The highest BCUT2D eigenvalue weighted by atomic mass is 16.5. The Morgan fingerprint density at radius 1 is 1.40 bits per heavy atom. The van der Waals surface area contributed by atoms with Crippen molar-refractivity contribution in [2.45, 2.75) is 26.7 Å². The van der Waals surface area contributed by atoms with E-state index in [-0.39, 0.29) is 5.92 Å². The molecular formula is C12H21NO2. The van der Waals surface area contributed by atoms with E-state index >= 15 is 0 Å². The van der Waals surface area contributed by atoms with E-state index < -0.39 is 0 Å². The largest absolute Gasteiger partial charge is 0.381 e. The molecule has 1 amide bonds. The van der Waals surface area contributed by atoms with E-state index in [0.717, 1.165) is 26.1 Å². The fourth-order valence-electron chi connectivity index (χ4n) is 2.52. The van der Waals surface area contributed by atoms with Crippen LogP contribution in [-0.2, 0) is 9.53 Å². The molecule has 0 radical (unpaired) electrons. The molecule has 2 rings (SSSR count). The summed E-state index contributed by atoms with van der Waals surface area (Å²) in [6.07, 6.45) is 2.10. The normalized spacial score (nSPS) is 31.5. The lowest BCUT2D eigenvalue weighted by atomic mass is 9.95. The van der Waals surface area contributed by atoms with Crippen molar-refractivity contribution >= 4 is 5.91 Å². The van der Waals surface area contributed by atoms with Crippen molar-refractivity contribution < 1.29 is 9.53 Å². The maximum Gasteiger partial charge on any atom is 0.228 e. The third kappa shape index (κ3) is 2.33. The summed E-state index contributed by atoms with van der Waals surface area (Å²) in [4.78, 5) is 14.1. The molecule has 2 aliphatic rings. The second kappa shape index (κ2) is 4.52. The number of carbonyl (C=O) groups excluding carboxylic acids is 1. The van der Waals surface area contributed by atoms with Gasteiger partial charge in [-0.1, -0.05) is 13.8 Å². The zero-order valence-corrected chi connectivity index (χ0v) is 9.74. The lowest BCUT2D eigenvalue weighted by Crippen LogP contribution is -2.35. The van der Waals surface area contributed by atoms with Crippen molar-refractivity contribution in [3.63, 3.8) is 0 Å². The smallest absolute Gasteiger partial charge is 0.228 e. The number of amides is 1. The predicted octanol–water partition coefficient (Wildman–Crippen LogP) is 1.53. The van der Waals surface area contributed by atoms with Crippen molar-refractivity contribution in [3.05, 3.63) is 0 Å². The summed E-state index contributed by atoms with van der Waals surface area (Å²) >= 11 is 0. The summed E-state index contributed by atoms with van der Waals surface area (Å²) in [5.74, 6) is 1.88.